The molecule has 1 unspecified atom stereocenters. The van der Waals surface area contributed by atoms with Crippen LogP contribution in [0.3, 0.4) is 0 Å². The van der Waals surface area contributed by atoms with Crippen molar-refractivity contribution in [3.63, 3.8) is 0 Å². The number of benzene rings is 2. The lowest BCUT2D eigenvalue weighted by molar-refractivity contribution is 0.665. The molecule has 2 heterocycles. The van der Waals surface area contributed by atoms with Crippen LogP contribution in [0.15, 0.2) is 41.6 Å². The van der Waals surface area contributed by atoms with Crippen molar-refractivity contribution in [3.05, 3.63) is 52.7 Å². The molecule has 0 saturated carbocycles. The molecular formula is C18H17ClN4OS. The molecule has 0 bridgehead atoms. The zero-order valence-corrected chi connectivity index (χ0v) is 15.3. The van der Waals surface area contributed by atoms with Crippen molar-refractivity contribution in [1.82, 2.24) is 9.97 Å². The number of rotatable bonds is 2. The van der Waals surface area contributed by atoms with Gasteiger partial charge in [-0.3, -0.25) is 4.21 Å². The van der Waals surface area contributed by atoms with Crippen molar-refractivity contribution < 1.29 is 4.21 Å². The molecule has 0 aliphatic carbocycles. The summed E-state index contributed by atoms with van der Waals surface area (Å²) in [7, 11) is -1.26. The number of nitrogens with two attached hydrogens (primary N) is 1. The molecule has 0 fully saturated rings. The van der Waals surface area contributed by atoms with Crippen molar-refractivity contribution in [2.24, 2.45) is 0 Å². The number of aromatic nitrogens is 2. The highest BCUT2D eigenvalue weighted by atomic mass is 35.5. The zero-order chi connectivity index (χ0) is 17.6. The molecule has 1 aliphatic heterocycles. The van der Waals surface area contributed by atoms with Gasteiger partial charge in [0.15, 0.2) is 0 Å². The summed E-state index contributed by atoms with van der Waals surface area (Å²) < 4.78 is 11.8. The maximum atomic E-state index is 11.8. The van der Waals surface area contributed by atoms with Crippen LogP contribution in [-0.2, 0) is 23.8 Å². The molecule has 2 N–H and O–H groups in total. The van der Waals surface area contributed by atoms with Crippen molar-refractivity contribution in [1.29, 1.82) is 0 Å². The first-order valence-corrected chi connectivity index (χ1v) is 9.89. The van der Waals surface area contributed by atoms with Gasteiger partial charge in [-0.25, -0.2) is 9.97 Å². The van der Waals surface area contributed by atoms with Crippen LogP contribution in [0.1, 0.15) is 11.3 Å². The molecule has 1 atom stereocenters. The summed E-state index contributed by atoms with van der Waals surface area (Å²) in [6, 6.07) is 12.1. The largest absolute Gasteiger partial charge is 0.383 e. The smallest absolute Gasteiger partial charge is 0.220 e. The first-order chi connectivity index (χ1) is 12.0. The van der Waals surface area contributed by atoms with E-state index in [1.54, 1.807) is 6.26 Å². The fraction of sp³-hybridized carbons (Fsp3) is 0.222. The fourth-order valence-corrected chi connectivity index (χ4v) is 4.05. The number of nitrogens with zero attached hydrogens (tertiary/aromatic N) is 3. The molecule has 0 spiro atoms. The van der Waals surface area contributed by atoms with E-state index in [0.717, 1.165) is 45.7 Å². The van der Waals surface area contributed by atoms with Gasteiger partial charge in [0.05, 0.1) is 28.1 Å². The number of hydrogen-bond donors (Lipinski definition) is 1. The van der Waals surface area contributed by atoms with Crippen molar-refractivity contribution in [2.45, 2.75) is 18.1 Å². The normalized spacial score (nSPS) is 15.2. The van der Waals surface area contributed by atoms with Crippen LogP contribution in [0.5, 0.6) is 0 Å². The molecule has 1 aromatic heterocycles. The molecule has 2 aromatic carbocycles. The van der Waals surface area contributed by atoms with E-state index in [2.05, 4.69) is 33.1 Å². The van der Waals surface area contributed by atoms with Gasteiger partial charge in [0.2, 0.25) is 5.16 Å². The van der Waals surface area contributed by atoms with Crippen LogP contribution in [-0.4, -0.2) is 27.0 Å². The number of fused-ring (bicyclic) bond motifs is 2. The van der Waals surface area contributed by atoms with Crippen LogP contribution in [0.2, 0.25) is 5.02 Å². The first kappa shape index (κ1) is 16.3. The third-order valence-electron chi connectivity index (χ3n) is 4.51. The Morgan fingerprint density at radius 3 is 2.72 bits per heavy atom. The van der Waals surface area contributed by atoms with Crippen molar-refractivity contribution in [2.75, 3.05) is 23.4 Å². The molecule has 128 valence electrons. The van der Waals surface area contributed by atoms with Gasteiger partial charge >= 0.3 is 0 Å². The summed E-state index contributed by atoms with van der Waals surface area (Å²) >= 11 is 6.46. The maximum absolute atomic E-state index is 11.8. The van der Waals surface area contributed by atoms with Gasteiger partial charge in [-0.15, -0.1) is 0 Å². The molecule has 7 heteroatoms. The molecule has 25 heavy (non-hydrogen) atoms. The molecule has 5 nitrogen and oxygen atoms in total. The average Bonchev–Trinajstić information content (AvgIpc) is 2.61. The first-order valence-electron chi connectivity index (χ1n) is 7.95. The molecule has 1 aliphatic rings. The summed E-state index contributed by atoms with van der Waals surface area (Å²) in [4.78, 5) is 10.9. The van der Waals surface area contributed by atoms with E-state index in [4.69, 9.17) is 17.3 Å². The van der Waals surface area contributed by atoms with Gasteiger partial charge in [-0.1, -0.05) is 35.9 Å². The lowest BCUT2D eigenvalue weighted by Gasteiger charge is -2.31. The Labute approximate surface area is 153 Å². The van der Waals surface area contributed by atoms with Gasteiger partial charge in [0, 0.05) is 29.4 Å². The molecular weight excluding hydrogens is 356 g/mol. The van der Waals surface area contributed by atoms with E-state index in [0.29, 0.717) is 12.4 Å². The molecule has 0 amide bonds. The Bertz CT molecular complexity index is 1000. The minimum atomic E-state index is -1.26. The zero-order valence-electron chi connectivity index (χ0n) is 13.7. The lowest BCUT2D eigenvalue weighted by atomic mass is 10.0. The van der Waals surface area contributed by atoms with Crippen LogP contribution in [0, 0.1) is 0 Å². The van der Waals surface area contributed by atoms with E-state index in [1.807, 2.05) is 18.2 Å². The van der Waals surface area contributed by atoms with Gasteiger partial charge in [-0.2, -0.15) is 0 Å². The van der Waals surface area contributed by atoms with Crippen molar-refractivity contribution in [3.8, 4) is 0 Å². The van der Waals surface area contributed by atoms with Crippen molar-refractivity contribution >= 4 is 44.7 Å². The minimum Gasteiger partial charge on any atom is -0.383 e. The summed E-state index contributed by atoms with van der Waals surface area (Å²) in [5.41, 5.74) is 8.92. The standard InChI is InChI=1S/C18H17ClN4OS/c1-25(24)18-21-14-10-23(9-8-12(14)17(20)22-18)15-7-3-5-11-4-2-6-13(19)16(11)15/h2-7H,8-10H2,1H3,(H2,20,21,22). The van der Waals surface area contributed by atoms with E-state index in [-0.39, 0.29) is 5.16 Å². The average molecular weight is 373 g/mol. The van der Waals surface area contributed by atoms with Gasteiger partial charge in [0.1, 0.15) is 5.82 Å². The van der Waals surface area contributed by atoms with E-state index in [1.165, 1.54) is 0 Å². The Kier molecular flexibility index (Phi) is 4.09. The Morgan fingerprint density at radius 2 is 1.96 bits per heavy atom. The van der Waals surface area contributed by atoms with E-state index < -0.39 is 10.8 Å². The van der Waals surface area contributed by atoms with Gasteiger partial charge in [0.25, 0.3) is 0 Å². The minimum absolute atomic E-state index is 0.286. The van der Waals surface area contributed by atoms with E-state index in [9.17, 15) is 4.21 Å². The molecule has 0 radical (unpaired) electrons. The third kappa shape index (κ3) is 2.85. The Hall–Kier alpha value is -2.18. The lowest BCUT2D eigenvalue weighted by Crippen LogP contribution is -2.32. The summed E-state index contributed by atoms with van der Waals surface area (Å²) in [5, 5.41) is 3.16. The quantitative estimate of drug-likeness (QED) is 0.699. The predicted octanol–water partition coefficient (Wildman–Crippen LogP) is 3.17. The molecule has 0 saturated heterocycles. The summed E-state index contributed by atoms with van der Waals surface area (Å²) in [6.45, 7) is 1.40. The van der Waals surface area contributed by atoms with Gasteiger partial charge < -0.3 is 10.6 Å². The van der Waals surface area contributed by atoms with Crippen LogP contribution in [0.25, 0.3) is 10.8 Å². The third-order valence-corrected chi connectivity index (χ3v) is 5.52. The van der Waals surface area contributed by atoms with E-state index >= 15 is 0 Å². The SMILES string of the molecule is CS(=O)c1nc(N)c2c(n1)CN(c1cccc3cccc(Cl)c13)CC2. The van der Waals surface area contributed by atoms with Crippen LogP contribution >= 0.6 is 11.6 Å². The second-order valence-electron chi connectivity index (χ2n) is 6.06. The van der Waals surface area contributed by atoms with Gasteiger partial charge in [-0.05, 0) is 23.9 Å². The number of hydrogen-bond acceptors (Lipinski definition) is 5. The fourth-order valence-electron chi connectivity index (χ4n) is 3.31. The highest BCUT2D eigenvalue weighted by Crippen LogP contribution is 2.35. The summed E-state index contributed by atoms with van der Waals surface area (Å²) in [6.07, 6.45) is 2.31. The van der Waals surface area contributed by atoms with Crippen LogP contribution in [0.4, 0.5) is 11.5 Å². The Morgan fingerprint density at radius 1 is 1.20 bits per heavy atom. The highest BCUT2D eigenvalue weighted by molar-refractivity contribution is 7.84. The maximum Gasteiger partial charge on any atom is 0.220 e. The molecule has 4 rings (SSSR count). The summed E-state index contributed by atoms with van der Waals surface area (Å²) in [5.74, 6) is 0.436. The second kappa shape index (κ2) is 6.28. The van der Waals surface area contributed by atoms with Crippen LogP contribution < -0.4 is 10.6 Å². The second-order valence-corrected chi connectivity index (χ2v) is 7.74. The molecule has 3 aromatic rings. The topological polar surface area (TPSA) is 72.1 Å². The highest BCUT2D eigenvalue weighted by Gasteiger charge is 2.23. The predicted molar refractivity (Wildman–Crippen MR) is 102 cm³/mol. The number of halogens is 1. The number of anilines is 2. The number of nitrogen functional groups attached to an aromatic ring is 1. The Balaban J connectivity index is 1.80. The monoisotopic (exact) mass is 372 g/mol.